The predicted molar refractivity (Wildman–Crippen MR) is 125 cm³/mol. The molecule has 1 aliphatic rings. The number of rotatable bonds is 5. The van der Waals surface area contributed by atoms with Crippen molar-refractivity contribution in [3.63, 3.8) is 0 Å². The zero-order valence-corrected chi connectivity index (χ0v) is 18.8. The second-order valence-corrected chi connectivity index (χ2v) is 7.87. The number of hydrogen-bond donors (Lipinski definition) is 1. The van der Waals surface area contributed by atoms with Crippen LogP contribution in [0.25, 0.3) is 0 Å². The lowest BCUT2D eigenvalue weighted by molar-refractivity contribution is 0.0734. The largest absolute Gasteiger partial charge is 0.495 e. The summed E-state index contributed by atoms with van der Waals surface area (Å²) in [6.07, 6.45) is 0.919. The quantitative estimate of drug-likeness (QED) is 0.407. The summed E-state index contributed by atoms with van der Waals surface area (Å²) in [4.78, 5) is 12.6. The van der Waals surface area contributed by atoms with Crippen molar-refractivity contribution in [2.24, 2.45) is 5.73 Å². The molecule has 0 fully saturated rings. The fourth-order valence-electron chi connectivity index (χ4n) is 3.75. The minimum Gasteiger partial charge on any atom is -0.495 e. The average Bonchev–Trinajstić information content (AvgIpc) is 2.83. The summed E-state index contributed by atoms with van der Waals surface area (Å²) in [5, 5.41) is 10.0. The van der Waals surface area contributed by atoms with Crippen LogP contribution in [-0.4, -0.2) is 13.1 Å². The first-order chi connectivity index (χ1) is 15.9. The molecule has 0 aromatic heterocycles. The van der Waals surface area contributed by atoms with Gasteiger partial charge in [-0.15, -0.1) is 0 Å². The van der Waals surface area contributed by atoms with E-state index >= 15 is 0 Å². The highest BCUT2D eigenvalue weighted by molar-refractivity contribution is 6.32. The Morgan fingerprint density at radius 1 is 1.15 bits per heavy atom. The topological polar surface area (TPSA) is 94.6 Å². The van der Waals surface area contributed by atoms with Crippen molar-refractivity contribution in [3.8, 4) is 23.3 Å². The molecule has 33 heavy (non-hydrogen) atoms. The number of aryl methyl sites for hydroxylation is 1. The first-order valence-corrected chi connectivity index (χ1v) is 10.7. The van der Waals surface area contributed by atoms with Gasteiger partial charge in [-0.2, -0.15) is 5.26 Å². The highest BCUT2D eigenvalue weighted by Crippen LogP contribution is 2.43. The molecule has 4 rings (SSSR count). The lowest BCUT2D eigenvalue weighted by Crippen LogP contribution is -2.21. The molecule has 3 aromatic carbocycles. The van der Waals surface area contributed by atoms with Gasteiger partial charge in [-0.05, 0) is 41.8 Å². The van der Waals surface area contributed by atoms with Crippen LogP contribution in [0.15, 0.2) is 72.1 Å². The zero-order valence-electron chi connectivity index (χ0n) is 18.1. The van der Waals surface area contributed by atoms with Crippen LogP contribution in [0.3, 0.4) is 0 Å². The molecule has 0 radical (unpaired) electrons. The van der Waals surface area contributed by atoms with Gasteiger partial charge in [-0.25, -0.2) is 4.79 Å². The van der Waals surface area contributed by atoms with Gasteiger partial charge in [0.05, 0.1) is 23.6 Å². The highest BCUT2D eigenvalue weighted by Gasteiger charge is 2.31. The number of nitrogens with zero attached hydrogens (tertiary/aromatic N) is 1. The first kappa shape index (κ1) is 22.3. The van der Waals surface area contributed by atoms with Gasteiger partial charge in [0.15, 0.2) is 0 Å². The van der Waals surface area contributed by atoms with Crippen molar-refractivity contribution < 1.29 is 19.0 Å². The molecule has 0 spiro atoms. The van der Waals surface area contributed by atoms with Crippen molar-refractivity contribution in [2.75, 3.05) is 7.11 Å². The average molecular weight is 461 g/mol. The van der Waals surface area contributed by atoms with Crippen molar-refractivity contribution in [2.45, 2.75) is 19.3 Å². The van der Waals surface area contributed by atoms with Crippen LogP contribution >= 0.6 is 11.6 Å². The molecule has 1 unspecified atom stereocenters. The van der Waals surface area contributed by atoms with Gasteiger partial charge < -0.3 is 19.9 Å². The Labute approximate surface area is 196 Å². The number of esters is 1. The Balaban J connectivity index is 1.65. The number of ether oxygens (including phenoxy) is 3. The van der Waals surface area contributed by atoms with Gasteiger partial charge in [0, 0.05) is 11.6 Å². The molecule has 0 aliphatic carbocycles. The number of hydrogen-bond acceptors (Lipinski definition) is 6. The van der Waals surface area contributed by atoms with E-state index in [0.717, 1.165) is 17.5 Å². The van der Waals surface area contributed by atoms with E-state index in [2.05, 4.69) is 13.0 Å². The molecular weight excluding hydrogens is 440 g/mol. The van der Waals surface area contributed by atoms with E-state index in [1.165, 1.54) is 18.7 Å². The third-order valence-electron chi connectivity index (χ3n) is 5.51. The van der Waals surface area contributed by atoms with Crippen molar-refractivity contribution in [1.29, 1.82) is 5.26 Å². The van der Waals surface area contributed by atoms with Crippen molar-refractivity contribution in [3.05, 3.63) is 99.4 Å². The van der Waals surface area contributed by atoms with E-state index in [-0.39, 0.29) is 23.1 Å². The second-order valence-electron chi connectivity index (χ2n) is 7.46. The van der Waals surface area contributed by atoms with Crippen LogP contribution in [0.1, 0.15) is 39.9 Å². The lowest BCUT2D eigenvalue weighted by Gasteiger charge is -2.26. The third-order valence-corrected chi connectivity index (χ3v) is 5.81. The van der Waals surface area contributed by atoms with E-state index in [4.69, 9.17) is 31.5 Å². The Kier molecular flexibility index (Phi) is 6.25. The van der Waals surface area contributed by atoms with Crippen LogP contribution in [0.4, 0.5) is 0 Å². The summed E-state index contributed by atoms with van der Waals surface area (Å²) >= 11 is 6.11. The fraction of sp³-hybridized carbons (Fsp3) is 0.154. The van der Waals surface area contributed by atoms with E-state index in [0.29, 0.717) is 22.1 Å². The summed E-state index contributed by atoms with van der Waals surface area (Å²) in [5.74, 6) is 0.232. The highest BCUT2D eigenvalue weighted by atomic mass is 35.5. The Bertz CT molecular complexity index is 1290. The maximum absolute atomic E-state index is 12.6. The number of halogens is 1. The molecular formula is C26H21ClN2O4. The van der Waals surface area contributed by atoms with E-state index in [1.54, 1.807) is 30.3 Å². The molecule has 7 heteroatoms. The number of carbonyl (C=O) groups is 1. The third kappa shape index (κ3) is 4.36. The van der Waals surface area contributed by atoms with Gasteiger partial charge in [0.2, 0.25) is 5.88 Å². The summed E-state index contributed by atoms with van der Waals surface area (Å²) in [7, 11) is 1.50. The number of allylic oxidation sites excluding steroid dienone is 1. The van der Waals surface area contributed by atoms with Gasteiger partial charge >= 0.3 is 5.97 Å². The molecule has 0 saturated carbocycles. The number of benzene rings is 3. The first-order valence-electron chi connectivity index (χ1n) is 10.3. The summed E-state index contributed by atoms with van der Waals surface area (Å²) in [5.41, 5.74) is 9.57. The zero-order chi connectivity index (χ0) is 23.5. The Hall–Kier alpha value is -3.95. The molecule has 3 aromatic rings. The summed E-state index contributed by atoms with van der Waals surface area (Å²) < 4.78 is 16.3. The molecule has 6 nitrogen and oxygen atoms in total. The van der Waals surface area contributed by atoms with E-state index < -0.39 is 5.97 Å². The van der Waals surface area contributed by atoms with Crippen LogP contribution in [0, 0.1) is 11.3 Å². The molecule has 1 aliphatic heterocycles. The number of nitrogens with two attached hydrogens (primary N) is 1. The van der Waals surface area contributed by atoms with Crippen molar-refractivity contribution in [1.82, 2.24) is 0 Å². The minimum absolute atomic E-state index is 0.0278. The van der Waals surface area contributed by atoms with E-state index in [1.807, 2.05) is 24.3 Å². The maximum atomic E-state index is 12.6. The van der Waals surface area contributed by atoms with Gasteiger partial charge in [-0.1, -0.05) is 48.9 Å². The normalized spacial score (nSPS) is 14.7. The van der Waals surface area contributed by atoms with Gasteiger partial charge in [-0.3, -0.25) is 0 Å². The molecule has 166 valence electrons. The second kappa shape index (κ2) is 9.27. The SMILES string of the molecule is CCc1ccc(C2C(C#N)=C(N)Oc3cc(OC(=O)c4ccc(OC)c(Cl)c4)ccc32)cc1. The predicted octanol–water partition coefficient (Wildman–Crippen LogP) is 5.35. The number of nitriles is 1. The Morgan fingerprint density at radius 2 is 1.91 bits per heavy atom. The summed E-state index contributed by atoms with van der Waals surface area (Å²) in [6, 6.07) is 19.9. The van der Waals surface area contributed by atoms with Crippen LogP contribution < -0.4 is 19.9 Å². The maximum Gasteiger partial charge on any atom is 0.343 e. The van der Waals surface area contributed by atoms with Crippen molar-refractivity contribution >= 4 is 17.6 Å². The number of fused-ring (bicyclic) bond motifs is 1. The monoisotopic (exact) mass is 460 g/mol. The molecule has 2 N–H and O–H groups in total. The van der Waals surface area contributed by atoms with Crippen LogP contribution in [0.5, 0.6) is 17.2 Å². The molecule has 0 bridgehead atoms. The molecule has 0 saturated heterocycles. The standard InChI is InChI=1S/C26H21ClN2O4/c1-3-15-4-6-16(7-5-15)24-19-10-9-18(13-23(19)33-25(29)20(24)14-28)32-26(30)17-8-11-22(31-2)21(27)12-17/h4-13,24H,3,29H2,1-2H3. The summed E-state index contributed by atoms with van der Waals surface area (Å²) in [6.45, 7) is 2.08. The minimum atomic E-state index is -0.580. The lowest BCUT2D eigenvalue weighted by atomic mass is 9.83. The Morgan fingerprint density at radius 3 is 2.55 bits per heavy atom. The smallest absolute Gasteiger partial charge is 0.343 e. The van der Waals surface area contributed by atoms with Gasteiger partial charge in [0.25, 0.3) is 0 Å². The fourth-order valence-corrected chi connectivity index (χ4v) is 4.00. The molecule has 1 heterocycles. The molecule has 0 amide bonds. The number of carbonyl (C=O) groups excluding carboxylic acids is 1. The number of methoxy groups -OCH3 is 1. The van der Waals surface area contributed by atoms with E-state index in [9.17, 15) is 10.1 Å². The van der Waals surface area contributed by atoms with Crippen LogP contribution in [-0.2, 0) is 6.42 Å². The van der Waals surface area contributed by atoms with Gasteiger partial charge in [0.1, 0.15) is 28.9 Å². The molecule has 1 atom stereocenters. The van der Waals surface area contributed by atoms with Crippen LogP contribution in [0.2, 0.25) is 5.02 Å².